The molecule has 6 nitrogen and oxygen atoms in total. The zero-order chi connectivity index (χ0) is 18.1. The average Bonchev–Trinajstić information content (AvgIpc) is 2.55. The summed E-state index contributed by atoms with van der Waals surface area (Å²) in [6.07, 6.45) is 0.466. The fourth-order valence-electron chi connectivity index (χ4n) is 2.13. The monoisotopic (exact) mass is 400 g/mol. The molecule has 0 aliphatic rings. The third kappa shape index (κ3) is 6.49. The van der Waals surface area contributed by atoms with E-state index in [1.165, 1.54) is 6.92 Å². The number of nitrogens with zero attached hydrogens (tertiary/aromatic N) is 1. The van der Waals surface area contributed by atoms with Crippen LogP contribution >= 0.6 is 15.9 Å². The molecule has 0 saturated heterocycles. The van der Waals surface area contributed by atoms with Crippen LogP contribution < -0.4 is 5.73 Å². The van der Waals surface area contributed by atoms with E-state index in [1.807, 2.05) is 0 Å². The highest BCUT2D eigenvalue weighted by atomic mass is 79.9. The van der Waals surface area contributed by atoms with E-state index in [9.17, 15) is 9.59 Å². The van der Waals surface area contributed by atoms with Crippen LogP contribution in [0.5, 0.6) is 0 Å². The van der Waals surface area contributed by atoms with Gasteiger partial charge in [-0.05, 0) is 46.7 Å². The number of hydrogen-bond acceptors (Lipinski definition) is 6. The van der Waals surface area contributed by atoms with E-state index in [1.54, 1.807) is 12.1 Å². The number of rotatable bonds is 9. The molecule has 0 heterocycles. The van der Waals surface area contributed by atoms with Crippen molar-refractivity contribution in [2.24, 2.45) is 0 Å². The fourth-order valence-corrected chi connectivity index (χ4v) is 2.64. The van der Waals surface area contributed by atoms with Gasteiger partial charge in [0.25, 0.3) is 0 Å². The van der Waals surface area contributed by atoms with Crippen LogP contribution in [0.1, 0.15) is 43.1 Å². The minimum Gasteiger partial charge on any atom is -0.466 e. The highest BCUT2D eigenvalue weighted by Gasteiger charge is 2.14. The number of halogens is 1. The van der Waals surface area contributed by atoms with Gasteiger partial charge in [-0.1, -0.05) is 13.8 Å². The van der Waals surface area contributed by atoms with Crippen molar-refractivity contribution < 1.29 is 19.1 Å². The Bertz CT molecular complexity index is 574. The van der Waals surface area contributed by atoms with Gasteiger partial charge >= 0.3 is 11.9 Å². The lowest BCUT2D eigenvalue weighted by atomic mass is 10.1. The molecule has 0 spiro atoms. The molecule has 0 aromatic heterocycles. The van der Waals surface area contributed by atoms with Gasteiger partial charge in [-0.25, -0.2) is 4.79 Å². The second kappa shape index (κ2) is 10.3. The number of hydrogen-bond donors (Lipinski definition) is 1. The van der Waals surface area contributed by atoms with E-state index < -0.39 is 5.97 Å². The first-order chi connectivity index (χ1) is 11.4. The van der Waals surface area contributed by atoms with E-state index in [4.69, 9.17) is 15.2 Å². The van der Waals surface area contributed by atoms with Crippen LogP contribution in [0.25, 0.3) is 0 Å². The Morgan fingerprint density at radius 2 is 1.79 bits per heavy atom. The molecule has 7 heteroatoms. The molecule has 1 aromatic carbocycles. The molecule has 0 radical (unpaired) electrons. The number of esters is 2. The SMILES string of the molecule is CCN(CC)Cc1cc(C(=O)OCCCOC(C)=O)cc(Br)c1N. The van der Waals surface area contributed by atoms with Crippen molar-refractivity contribution >= 4 is 33.6 Å². The lowest BCUT2D eigenvalue weighted by Crippen LogP contribution is -2.23. The van der Waals surface area contributed by atoms with Gasteiger partial charge in [-0.15, -0.1) is 0 Å². The predicted molar refractivity (Wildman–Crippen MR) is 96.7 cm³/mol. The fraction of sp³-hybridized carbons (Fsp3) is 0.529. The smallest absolute Gasteiger partial charge is 0.338 e. The van der Waals surface area contributed by atoms with Crippen LogP contribution in [0.4, 0.5) is 5.69 Å². The van der Waals surface area contributed by atoms with Crippen molar-refractivity contribution in [2.45, 2.75) is 33.7 Å². The summed E-state index contributed by atoms with van der Waals surface area (Å²) in [5, 5.41) is 0. The van der Waals surface area contributed by atoms with Crippen molar-refractivity contribution in [3.63, 3.8) is 0 Å². The minimum atomic E-state index is -0.417. The largest absolute Gasteiger partial charge is 0.466 e. The molecule has 0 aliphatic carbocycles. The molecule has 0 amide bonds. The van der Waals surface area contributed by atoms with Gasteiger partial charge in [-0.3, -0.25) is 9.69 Å². The van der Waals surface area contributed by atoms with Crippen molar-refractivity contribution in [2.75, 3.05) is 32.0 Å². The van der Waals surface area contributed by atoms with Crippen LogP contribution in [0.3, 0.4) is 0 Å². The van der Waals surface area contributed by atoms with Crippen molar-refractivity contribution in [1.29, 1.82) is 0 Å². The Kier molecular flexibility index (Phi) is 8.78. The first-order valence-corrected chi connectivity index (χ1v) is 8.79. The van der Waals surface area contributed by atoms with Crippen LogP contribution in [0, 0.1) is 0 Å². The normalized spacial score (nSPS) is 10.7. The first-order valence-electron chi connectivity index (χ1n) is 7.99. The van der Waals surface area contributed by atoms with Crippen LogP contribution in [-0.4, -0.2) is 43.1 Å². The maximum absolute atomic E-state index is 12.2. The van der Waals surface area contributed by atoms with E-state index in [0.717, 1.165) is 18.7 Å². The third-order valence-corrected chi connectivity index (χ3v) is 4.22. The van der Waals surface area contributed by atoms with Crippen LogP contribution in [-0.2, 0) is 20.8 Å². The maximum atomic E-state index is 12.2. The summed E-state index contributed by atoms with van der Waals surface area (Å²) in [4.78, 5) is 25.0. The first kappa shape index (κ1) is 20.4. The summed E-state index contributed by atoms with van der Waals surface area (Å²) in [6.45, 7) is 8.41. The Morgan fingerprint density at radius 3 is 2.38 bits per heavy atom. The summed E-state index contributed by atoms with van der Waals surface area (Å²) < 4.78 is 10.7. The molecular formula is C17H25BrN2O4. The number of carbonyl (C=O) groups excluding carboxylic acids is 2. The molecule has 134 valence electrons. The molecule has 0 unspecified atom stereocenters. The Hall–Kier alpha value is -1.60. The number of benzene rings is 1. The molecule has 0 atom stereocenters. The van der Waals surface area contributed by atoms with E-state index in [2.05, 4.69) is 34.7 Å². The highest BCUT2D eigenvalue weighted by Crippen LogP contribution is 2.27. The highest BCUT2D eigenvalue weighted by molar-refractivity contribution is 9.10. The second-order valence-corrected chi connectivity index (χ2v) is 6.18. The molecule has 0 bridgehead atoms. The molecule has 0 fully saturated rings. The third-order valence-electron chi connectivity index (χ3n) is 3.57. The quantitative estimate of drug-likeness (QED) is 0.389. The summed E-state index contributed by atoms with van der Waals surface area (Å²) in [7, 11) is 0. The molecular weight excluding hydrogens is 376 g/mol. The molecule has 1 rings (SSSR count). The number of nitrogens with two attached hydrogens (primary N) is 1. The minimum absolute atomic E-state index is 0.194. The van der Waals surface area contributed by atoms with Gasteiger partial charge in [0, 0.05) is 24.4 Å². The lowest BCUT2D eigenvalue weighted by Gasteiger charge is -2.20. The Labute approximate surface area is 151 Å². The maximum Gasteiger partial charge on any atom is 0.338 e. The summed E-state index contributed by atoms with van der Waals surface area (Å²) >= 11 is 3.40. The molecule has 0 aliphatic heterocycles. The molecule has 0 saturated carbocycles. The van der Waals surface area contributed by atoms with Crippen molar-refractivity contribution in [1.82, 2.24) is 4.90 Å². The van der Waals surface area contributed by atoms with E-state index in [0.29, 0.717) is 28.7 Å². The van der Waals surface area contributed by atoms with Crippen LogP contribution in [0.2, 0.25) is 0 Å². The Balaban J connectivity index is 2.71. The number of ether oxygens (including phenoxy) is 2. The molecule has 1 aromatic rings. The number of carbonyl (C=O) groups is 2. The lowest BCUT2D eigenvalue weighted by molar-refractivity contribution is -0.141. The standard InChI is InChI=1S/C17H25BrN2O4/c1-4-20(5-2)11-14-9-13(10-15(18)16(14)19)17(22)24-8-6-7-23-12(3)21/h9-10H,4-8,11,19H2,1-3H3. The molecule has 24 heavy (non-hydrogen) atoms. The zero-order valence-electron chi connectivity index (χ0n) is 14.4. The predicted octanol–water partition coefficient (Wildman–Crippen LogP) is 2.98. The van der Waals surface area contributed by atoms with Gasteiger partial charge < -0.3 is 15.2 Å². The van der Waals surface area contributed by atoms with E-state index >= 15 is 0 Å². The second-order valence-electron chi connectivity index (χ2n) is 5.32. The molecule has 2 N–H and O–H groups in total. The van der Waals surface area contributed by atoms with E-state index in [-0.39, 0.29) is 19.2 Å². The zero-order valence-corrected chi connectivity index (χ0v) is 16.0. The van der Waals surface area contributed by atoms with Crippen molar-refractivity contribution in [3.05, 3.63) is 27.7 Å². The summed E-state index contributed by atoms with van der Waals surface area (Å²) in [6, 6.07) is 3.43. The van der Waals surface area contributed by atoms with Gasteiger partial charge in [-0.2, -0.15) is 0 Å². The van der Waals surface area contributed by atoms with Gasteiger partial charge in [0.2, 0.25) is 0 Å². The number of anilines is 1. The van der Waals surface area contributed by atoms with Crippen LogP contribution in [0.15, 0.2) is 16.6 Å². The summed E-state index contributed by atoms with van der Waals surface area (Å²) in [5.74, 6) is -0.760. The van der Waals surface area contributed by atoms with Gasteiger partial charge in [0.1, 0.15) is 0 Å². The van der Waals surface area contributed by atoms with Crippen molar-refractivity contribution in [3.8, 4) is 0 Å². The van der Waals surface area contributed by atoms with Gasteiger partial charge in [0.05, 0.1) is 24.5 Å². The van der Waals surface area contributed by atoms with Gasteiger partial charge in [0.15, 0.2) is 0 Å². The topological polar surface area (TPSA) is 81.9 Å². The Morgan fingerprint density at radius 1 is 1.17 bits per heavy atom. The summed E-state index contributed by atoms with van der Waals surface area (Å²) in [5.41, 5.74) is 8.07. The number of nitrogen functional groups attached to an aromatic ring is 1. The average molecular weight is 401 g/mol.